The zero-order chi connectivity index (χ0) is 9.68. The minimum absolute atomic E-state index is 0.387. The molecule has 1 rings (SSSR count). The minimum Gasteiger partial charge on any atom is -0.310 e. The molecule has 0 aromatic carbocycles. The topological polar surface area (TPSA) is 39.1 Å². The molecular formula is C10H19N3. The molecule has 0 bridgehead atoms. The molecule has 1 aliphatic heterocycles. The molecule has 3 nitrogen and oxygen atoms in total. The molecule has 0 aliphatic carbocycles. The van der Waals surface area contributed by atoms with E-state index >= 15 is 0 Å². The lowest BCUT2D eigenvalue weighted by Gasteiger charge is -2.33. The first kappa shape index (κ1) is 10.5. The Kier molecular flexibility index (Phi) is 4.20. The van der Waals surface area contributed by atoms with E-state index in [1.165, 1.54) is 0 Å². The van der Waals surface area contributed by atoms with Gasteiger partial charge in [0.05, 0.1) is 12.5 Å². The van der Waals surface area contributed by atoms with Crippen LogP contribution in [0.1, 0.15) is 20.3 Å². The number of nitrogens with one attached hydrogen (secondary N) is 1. The summed E-state index contributed by atoms with van der Waals surface area (Å²) in [6.07, 6.45) is 0.634. The normalized spacial score (nSPS) is 24.6. The van der Waals surface area contributed by atoms with Crippen LogP contribution >= 0.6 is 0 Å². The Hall–Kier alpha value is -0.590. The minimum atomic E-state index is 0.387. The molecule has 1 N–H and O–H groups in total. The number of hydrogen-bond acceptors (Lipinski definition) is 3. The number of rotatable bonds is 3. The van der Waals surface area contributed by atoms with E-state index in [-0.39, 0.29) is 0 Å². The first-order valence-corrected chi connectivity index (χ1v) is 5.05. The molecule has 1 saturated heterocycles. The van der Waals surface area contributed by atoms with E-state index in [1.807, 2.05) is 0 Å². The molecule has 0 radical (unpaired) electrons. The molecule has 13 heavy (non-hydrogen) atoms. The fourth-order valence-electron chi connectivity index (χ4n) is 1.82. The lowest BCUT2D eigenvalue weighted by Crippen LogP contribution is -2.51. The molecule has 1 unspecified atom stereocenters. The average Bonchev–Trinajstić information content (AvgIpc) is 2.04. The summed E-state index contributed by atoms with van der Waals surface area (Å²) in [4.78, 5) is 2.45. The van der Waals surface area contributed by atoms with Crippen LogP contribution in [0.4, 0.5) is 0 Å². The van der Waals surface area contributed by atoms with E-state index in [1.54, 1.807) is 0 Å². The zero-order valence-corrected chi connectivity index (χ0v) is 8.58. The van der Waals surface area contributed by atoms with Crippen LogP contribution in [0.5, 0.6) is 0 Å². The van der Waals surface area contributed by atoms with Gasteiger partial charge in [-0.1, -0.05) is 13.8 Å². The van der Waals surface area contributed by atoms with Crippen molar-refractivity contribution in [3.05, 3.63) is 0 Å². The van der Waals surface area contributed by atoms with Gasteiger partial charge in [-0.3, -0.25) is 0 Å². The summed E-state index contributed by atoms with van der Waals surface area (Å²) in [5, 5.41) is 11.9. The largest absolute Gasteiger partial charge is 0.310 e. The van der Waals surface area contributed by atoms with Crippen LogP contribution in [-0.4, -0.2) is 37.1 Å². The quantitative estimate of drug-likeness (QED) is 0.701. The average molecular weight is 181 g/mol. The van der Waals surface area contributed by atoms with Crippen molar-refractivity contribution in [1.82, 2.24) is 10.2 Å². The predicted molar refractivity (Wildman–Crippen MR) is 53.3 cm³/mol. The van der Waals surface area contributed by atoms with Gasteiger partial charge in [0, 0.05) is 32.2 Å². The standard InChI is InChI=1S/C10H19N3/c1-9(2)7-13-6-5-12-10(8-13)3-4-11/h9-10,12H,3,5-8H2,1-2H3. The Morgan fingerprint density at radius 2 is 2.38 bits per heavy atom. The highest BCUT2D eigenvalue weighted by Crippen LogP contribution is 2.05. The van der Waals surface area contributed by atoms with E-state index in [4.69, 9.17) is 5.26 Å². The highest BCUT2D eigenvalue weighted by molar-refractivity contribution is 4.86. The van der Waals surface area contributed by atoms with Crippen molar-refractivity contribution in [3.8, 4) is 6.07 Å². The van der Waals surface area contributed by atoms with Gasteiger partial charge in [-0.2, -0.15) is 5.26 Å². The summed E-state index contributed by atoms with van der Waals surface area (Å²) in [6, 6.07) is 2.61. The van der Waals surface area contributed by atoms with Gasteiger partial charge in [0.2, 0.25) is 0 Å². The second-order valence-electron chi connectivity index (χ2n) is 4.17. The third kappa shape index (κ3) is 3.75. The van der Waals surface area contributed by atoms with Gasteiger partial charge in [-0.05, 0) is 5.92 Å². The smallest absolute Gasteiger partial charge is 0.0638 e. The van der Waals surface area contributed by atoms with Crippen LogP contribution in [0.15, 0.2) is 0 Å². The maximum Gasteiger partial charge on any atom is 0.0638 e. The monoisotopic (exact) mass is 181 g/mol. The lowest BCUT2D eigenvalue weighted by molar-refractivity contribution is 0.182. The number of nitrogens with zero attached hydrogens (tertiary/aromatic N) is 2. The van der Waals surface area contributed by atoms with Gasteiger partial charge in [0.15, 0.2) is 0 Å². The highest BCUT2D eigenvalue weighted by atomic mass is 15.2. The number of nitriles is 1. The Morgan fingerprint density at radius 3 is 3.00 bits per heavy atom. The highest BCUT2D eigenvalue weighted by Gasteiger charge is 2.18. The van der Waals surface area contributed by atoms with Gasteiger partial charge in [-0.15, -0.1) is 0 Å². The molecule has 74 valence electrons. The maximum atomic E-state index is 8.58. The Labute approximate surface area is 80.7 Å². The molecule has 0 amide bonds. The van der Waals surface area contributed by atoms with E-state index in [0.29, 0.717) is 12.5 Å². The lowest BCUT2D eigenvalue weighted by atomic mass is 10.1. The number of piperazine rings is 1. The molecule has 3 heteroatoms. The van der Waals surface area contributed by atoms with E-state index in [2.05, 4.69) is 30.1 Å². The number of hydrogen-bond donors (Lipinski definition) is 1. The van der Waals surface area contributed by atoms with Crippen molar-refractivity contribution in [2.45, 2.75) is 26.3 Å². The van der Waals surface area contributed by atoms with Crippen molar-refractivity contribution in [1.29, 1.82) is 5.26 Å². The van der Waals surface area contributed by atoms with E-state index in [9.17, 15) is 0 Å². The van der Waals surface area contributed by atoms with Crippen molar-refractivity contribution in [2.75, 3.05) is 26.2 Å². The molecule has 1 heterocycles. The van der Waals surface area contributed by atoms with Crippen LogP contribution in [0.2, 0.25) is 0 Å². The second-order valence-corrected chi connectivity index (χ2v) is 4.17. The molecule has 1 atom stereocenters. The van der Waals surface area contributed by atoms with Gasteiger partial charge in [0.25, 0.3) is 0 Å². The first-order chi connectivity index (χ1) is 6.22. The summed E-state index contributed by atoms with van der Waals surface area (Å²) in [5.74, 6) is 0.723. The maximum absolute atomic E-state index is 8.58. The third-order valence-corrected chi connectivity index (χ3v) is 2.30. The predicted octanol–water partition coefficient (Wildman–Crippen LogP) is 0.830. The van der Waals surface area contributed by atoms with Crippen molar-refractivity contribution in [3.63, 3.8) is 0 Å². The zero-order valence-electron chi connectivity index (χ0n) is 8.58. The van der Waals surface area contributed by atoms with Crippen LogP contribution in [-0.2, 0) is 0 Å². The fraction of sp³-hybridized carbons (Fsp3) is 0.900. The summed E-state index contributed by atoms with van der Waals surface area (Å²) in [5.41, 5.74) is 0. The van der Waals surface area contributed by atoms with Gasteiger partial charge in [-0.25, -0.2) is 0 Å². The Balaban J connectivity index is 2.29. The molecule has 1 fully saturated rings. The molecule has 0 aromatic rings. The molecule has 0 spiro atoms. The van der Waals surface area contributed by atoms with Crippen molar-refractivity contribution in [2.24, 2.45) is 5.92 Å². The molecule has 1 aliphatic rings. The summed E-state index contributed by atoms with van der Waals surface area (Å²) < 4.78 is 0. The summed E-state index contributed by atoms with van der Waals surface area (Å²) >= 11 is 0. The summed E-state index contributed by atoms with van der Waals surface area (Å²) in [7, 11) is 0. The van der Waals surface area contributed by atoms with Crippen LogP contribution < -0.4 is 5.32 Å². The third-order valence-electron chi connectivity index (χ3n) is 2.30. The van der Waals surface area contributed by atoms with Crippen LogP contribution in [0.25, 0.3) is 0 Å². The molecule has 0 aromatic heterocycles. The molecule has 0 saturated carbocycles. The van der Waals surface area contributed by atoms with E-state index < -0.39 is 0 Å². The second kappa shape index (κ2) is 5.21. The fourth-order valence-corrected chi connectivity index (χ4v) is 1.82. The summed E-state index contributed by atoms with van der Waals surface area (Å²) in [6.45, 7) is 8.82. The van der Waals surface area contributed by atoms with Gasteiger partial charge < -0.3 is 10.2 Å². The molecular weight excluding hydrogens is 162 g/mol. The van der Waals surface area contributed by atoms with E-state index in [0.717, 1.165) is 32.1 Å². The Morgan fingerprint density at radius 1 is 1.62 bits per heavy atom. The van der Waals surface area contributed by atoms with Gasteiger partial charge in [0.1, 0.15) is 0 Å². The first-order valence-electron chi connectivity index (χ1n) is 5.05. The van der Waals surface area contributed by atoms with Gasteiger partial charge >= 0.3 is 0 Å². The van der Waals surface area contributed by atoms with Crippen LogP contribution in [0.3, 0.4) is 0 Å². The van der Waals surface area contributed by atoms with Crippen molar-refractivity contribution >= 4 is 0 Å². The SMILES string of the molecule is CC(C)CN1CCNC(CC#N)C1. The van der Waals surface area contributed by atoms with Crippen LogP contribution in [0, 0.1) is 17.2 Å². The van der Waals surface area contributed by atoms with Crippen molar-refractivity contribution < 1.29 is 0 Å². The Bertz CT molecular complexity index is 183.